The summed E-state index contributed by atoms with van der Waals surface area (Å²) in [6, 6.07) is 9.08. The van der Waals surface area contributed by atoms with Crippen LogP contribution in [0.15, 0.2) is 24.3 Å². The van der Waals surface area contributed by atoms with Crippen LogP contribution >= 0.6 is 0 Å². The molecule has 0 aliphatic heterocycles. The molecule has 0 amide bonds. The number of nitrogens with zero attached hydrogens (tertiary/aromatic N) is 1. The number of rotatable bonds is 5. The molecule has 0 aliphatic rings. The van der Waals surface area contributed by atoms with Gasteiger partial charge in [-0.1, -0.05) is 45.9 Å². The second kappa shape index (κ2) is 6.24. The molecule has 1 N–H and O–H groups in total. The van der Waals surface area contributed by atoms with E-state index in [1.807, 2.05) is 0 Å². The number of para-hydroxylation sites is 1. The van der Waals surface area contributed by atoms with Gasteiger partial charge in [-0.2, -0.15) is 0 Å². The minimum absolute atomic E-state index is 0.309. The zero-order chi connectivity index (χ0) is 13.8. The molecule has 1 rings (SSSR count). The van der Waals surface area contributed by atoms with Gasteiger partial charge in [0.15, 0.2) is 0 Å². The topological polar surface area (TPSA) is 15.3 Å². The largest absolute Gasteiger partial charge is 0.374 e. The minimum Gasteiger partial charge on any atom is -0.374 e. The first-order valence-electron chi connectivity index (χ1n) is 6.88. The Balaban J connectivity index is 2.94. The molecule has 2 nitrogen and oxygen atoms in total. The molecule has 1 aromatic carbocycles. The van der Waals surface area contributed by atoms with E-state index in [9.17, 15) is 0 Å². The lowest BCUT2D eigenvalue weighted by molar-refractivity contribution is 0.418. The molecule has 1 atom stereocenters. The summed E-state index contributed by atoms with van der Waals surface area (Å²) in [5.41, 5.74) is 3.02. The van der Waals surface area contributed by atoms with Crippen molar-refractivity contribution in [3.63, 3.8) is 0 Å². The number of nitrogens with one attached hydrogen (secondary N) is 1. The number of hydrogen-bond donors (Lipinski definition) is 1. The van der Waals surface area contributed by atoms with Gasteiger partial charge in [0.05, 0.1) is 0 Å². The first kappa shape index (κ1) is 15.0. The SMILES string of the molecule is CCNC(C)c1ccccc1N(C)CC(C)(C)C. The normalized spacial score (nSPS) is 13.4. The second-order valence-corrected chi connectivity index (χ2v) is 6.25. The smallest absolute Gasteiger partial charge is 0.0412 e. The molecule has 0 aromatic heterocycles. The van der Waals surface area contributed by atoms with Crippen molar-refractivity contribution in [1.29, 1.82) is 0 Å². The van der Waals surface area contributed by atoms with E-state index >= 15 is 0 Å². The highest BCUT2D eigenvalue weighted by atomic mass is 15.1. The summed E-state index contributed by atoms with van der Waals surface area (Å²) in [7, 11) is 2.18. The highest BCUT2D eigenvalue weighted by molar-refractivity contribution is 5.54. The zero-order valence-electron chi connectivity index (χ0n) is 12.7. The third-order valence-electron chi connectivity index (χ3n) is 3.04. The standard InChI is InChI=1S/C16H28N2/c1-7-17-13(2)14-10-8-9-11-15(14)18(6)12-16(3,4)5/h8-11,13,17H,7,12H2,1-6H3. The van der Waals surface area contributed by atoms with E-state index in [-0.39, 0.29) is 0 Å². The zero-order valence-corrected chi connectivity index (χ0v) is 12.7. The first-order valence-corrected chi connectivity index (χ1v) is 6.88. The van der Waals surface area contributed by atoms with Crippen molar-refractivity contribution in [2.24, 2.45) is 5.41 Å². The third-order valence-corrected chi connectivity index (χ3v) is 3.04. The van der Waals surface area contributed by atoms with Crippen molar-refractivity contribution in [3.8, 4) is 0 Å². The van der Waals surface area contributed by atoms with Crippen LogP contribution in [0, 0.1) is 5.41 Å². The molecule has 1 aromatic rings. The van der Waals surface area contributed by atoms with Gasteiger partial charge in [0, 0.05) is 25.3 Å². The third kappa shape index (κ3) is 4.34. The van der Waals surface area contributed by atoms with Gasteiger partial charge in [0.1, 0.15) is 0 Å². The molecular formula is C16H28N2. The molecule has 102 valence electrons. The summed E-state index contributed by atoms with van der Waals surface area (Å²) in [6.45, 7) is 13.3. The van der Waals surface area contributed by atoms with Crippen LogP contribution in [0.25, 0.3) is 0 Å². The Kier molecular flexibility index (Phi) is 5.21. The van der Waals surface area contributed by atoms with E-state index in [2.05, 4.69) is 76.1 Å². The molecule has 0 aliphatic carbocycles. The van der Waals surface area contributed by atoms with Gasteiger partial charge in [0.2, 0.25) is 0 Å². The Bertz CT molecular complexity index is 366. The number of benzene rings is 1. The lowest BCUT2D eigenvalue weighted by Crippen LogP contribution is -2.31. The van der Waals surface area contributed by atoms with Crippen LogP contribution in [0.1, 0.15) is 46.2 Å². The van der Waals surface area contributed by atoms with Gasteiger partial charge in [0.25, 0.3) is 0 Å². The first-order chi connectivity index (χ1) is 8.35. The molecule has 0 bridgehead atoms. The summed E-state index contributed by atoms with van der Waals surface area (Å²) < 4.78 is 0. The molecule has 0 radical (unpaired) electrons. The van der Waals surface area contributed by atoms with Gasteiger partial charge in [-0.25, -0.2) is 0 Å². The lowest BCUT2D eigenvalue weighted by atomic mass is 9.95. The Morgan fingerprint density at radius 2 is 1.83 bits per heavy atom. The number of hydrogen-bond acceptors (Lipinski definition) is 2. The van der Waals surface area contributed by atoms with Crippen molar-refractivity contribution in [2.75, 3.05) is 25.0 Å². The molecule has 0 heterocycles. The maximum atomic E-state index is 3.49. The summed E-state index contributed by atoms with van der Waals surface area (Å²) in [6.07, 6.45) is 0. The van der Waals surface area contributed by atoms with Crippen LogP contribution in [0.5, 0.6) is 0 Å². The Morgan fingerprint density at radius 1 is 1.22 bits per heavy atom. The van der Waals surface area contributed by atoms with Crippen LogP contribution < -0.4 is 10.2 Å². The highest BCUT2D eigenvalue weighted by Crippen LogP contribution is 2.27. The van der Waals surface area contributed by atoms with E-state index in [0.29, 0.717) is 11.5 Å². The Hall–Kier alpha value is -1.02. The molecule has 0 spiro atoms. The average Bonchev–Trinajstić information content (AvgIpc) is 2.27. The summed E-state index contributed by atoms with van der Waals surface area (Å²) in [4.78, 5) is 2.36. The summed E-state index contributed by atoms with van der Waals surface area (Å²) >= 11 is 0. The predicted octanol–water partition coefficient (Wildman–Crippen LogP) is 3.84. The van der Waals surface area contributed by atoms with E-state index in [0.717, 1.165) is 13.1 Å². The molecule has 0 saturated heterocycles. The van der Waals surface area contributed by atoms with Crippen LogP contribution in [0.2, 0.25) is 0 Å². The van der Waals surface area contributed by atoms with Crippen LogP contribution in [-0.4, -0.2) is 20.1 Å². The van der Waals surface area contributed by atoms with Crippen LogP contribution in [0.4, 0.5) is 5.69 Å². The van der Waals surface area contributed by atoms with Crippen molar-refractivity contribution in [2.45, 2.75) is 40.7 Å². The summed E-state index contributed by atoms with van der Waals surface area (Å²) in [5, 5.41) is 3.49. The molecule has 0 fully saturated rings. The maximum Gasteiger partial charge on any atom is 0.0412 e. The van der Waals surface area contributed by atoms with Gasteiger partial charge < -0.3 is 10.2 Å². The van der Waals surface area contributed by atoms with Crippen molar-refractivity contribution < 1.29 is 0 Å². The van der Waals surface area contributed by atoms with E-state index in [1.165, 1.54) is 11.3 Å². The van der Waals surface area contributed by atoms with Crippen LogP contribution in [-0.2, 0) is 0 Å². The van der Waals surface area contributed by atoms with E-state index in [4.69, 9.17) is 0 Å². The predicted molar refractivity (Wildman–Crippen MR) is 81.3 cm³/mol. The van der Waals surface area contributed by atoms with Gasteiger partial charge in [-0.15, -0.1) is 0 Å². The van der Waals surface area contributed by atoms with Crippen molar-refractivity contribution in [3.05, 3.63) is 29.8 Å². The molecule has 2 heteroatoms. The monoisotopic (exact) mass is 248 g/mol. The average molecular weight is 248 g/mol. The van der Waals surface area contributed by atoms with Crippen molar-refractivity contribution in [1.82, 2.24) is 5.32 Å². The quantitative estimate of drug-likeness (QED) is 0.851. The highest BCUT2D eigenvalue weighted by Gasteiger charge is 2.17. The summed E-state index contributed by atoms with van der Waals surface area (Å²) in [5.74, 6) is 0. The fourth-order valence-electron chi connectivity index (χ4n) is 2.41. The van der Waals surface area contributed by atoms with Gasteiger partial charge >= 0.3 is 0 Å². The molecule has 0 saturated carbocycles. The van der Waals surface area contributed by atoms with E-state index in [1.54, 1.807) is 0 Å². The van der Waals surface area contributed by atoms with Crippen molar-refractivity contribution >= 4 is 5.69 Å². The fraction of sp³-hybridized carbons (Fsp3) is 0.625. The fourth-order valence-corrected chi connectivity index (χ4v) is 2.41. The second-order valence-electron chi connectivity index (χ2n) is 6.25. The Morgan fingerprint density at radius 3 is 2.39 bits per heavy atom. The molecule has 1 unspecified atom stereocenters. The maximum absolute atomic E-state index is 3.49. The number of anilines is 1. The van der Waals surface area contributed by atoms with Gasteiger partial charge in [-0.3, -0.25) is 0 Å². The van der Waals surface area contributed by atoms with E-state index < -0.39 is 0 Å². The minimum atomic E-state index is 0.309. The molecular weight excluding hydrogens is 220 g/mol. The molecule has 18 heavy (non-hydrogen) atoms. The Labute approximate surface area is 112 Å². The van der Waals surface area contributed by atoms with Crippen LogP contribution in [0.3, 0.4) is 0 Å². The van der Waals surface area contributed by atoms with Gasteiger partial charge in [-0.05, 0) is 30.5 Å². The lowest BCUT2D eigenvalue weighted by Gasteiger charge is -2.31.